The van der Waals surface area contributed by atoms with Crippen molar-refractivity contribution in [1.82, 2.24) is 4.90 Å². The highest BCUT2D eigenvalue weighted by molar-refractivity contribution is 5.82. The van der Waals surface area contributed by atoms with Gasteiger partial charge < -0.3 is 9.47 Å². The molecular weight excluding hydrogens is 270 g/mol. The lowest BCUT2D eigenvalue weighted by Crippen LogP contribution is -2.45. The van der Waals surface area contributed by atoms with Crippen LogP contribution in [0, 0.1) is 5.41 Å². The lowest BCUT2D eigenvalue weighted by Gasteiger charge is -2.29. The molecule has 0 aliphatic carbocycles. The van der Waals surface area contributed by atoms with Crippen molar-refractivity contribution in [2.75, 3.05) is 6.54 Å². The van der Waals surface area contributed by atoms with Crippen LogP contribution in [0.4, 0.5) is 4.79 Å². The Labute approximate surface area is 128 Å². The first-order valence-electron chi connectivity index (χ1n) is 7.43. The highest BCUT2D eigenvalue weighted by Gasteiger charge is 2.46. The maximum absolute atomic E-state index is 12.4. The van der Waals surface area contributed by atoms with E-state index < -0.39 is 23.3 Å². The average molecular weight is 299 g/mol. The van der Waals surface area contributed by atoms with Gasteiger partial charge in [0.05, 0.1) is 0 Å². The van der Waals surface area contributed by atoms with Crippen LogP contribution in [0.2, 0.25) is 0 Å². The molecule has 0 radical (unpaired) electrons. The lowest BCUT2D eigenvalue weighted by molar-refractivity contribution is -0.160. The van der Waals surface area contributed by atoms with Crippen molar-refractivity contribution in [2.24, 2.45) is 5.41 Å². The fourth-order valence-electron chi connectivity index (χ4n) is 2.36. The molecule has 21 heavy (non-hydrogen) atoms. The molecule has 1 rings (SSSR count). The van der Waals surface area contributed by atoms with Crippen LogP contribution in [-0.2, 0) is 14.3 Å². The van der Waals surface area contributed by atoms with Gasteiger partial charge >= 0.3 is 12.1 Å². The first kappa shape index (κ1) is 17.8. The van der Waals surface area contributed by atoms with Crippen LogP contribution in [0.15, 0.2) is 0 Å². The number of nitrogens with zero attached hydrogens (tertiary/aromatic N) is 1. The predicted molar refractivity (Wildman–Crippen MR) is 81.0 cm³/mol. The molecule has 122 valence electrons. The largest absolute Gasteiger partial charge is 0.458 e. The summed E-state index contributed by atoms with van der Waals surface area (Å²) in [5, 5.41) is 0. The lowest BCUT2D eigenvalue weighted by atomic mass is 9.91. The van der Waals surface area contributed by atoms with E-state index >= 15 is 0 Å². The monoisotopic (exact) mass is 299 g/mol. The Kier molecular flexibility index (Phi) is 4.66. The molecule has 1 saturated heterocycles. The quantitative estimate of drug-likeness (QED) is 0.697. The average Bonchev–Trinajstić information content (AvgIpc) is 2.49. The summed E-state index contributed by atoms with van der Waals surface area (Å²) in [6.07, 6.45) is 0.130. The maximum atomic E-state index is 12.4. The molecule has 1 heterocycles. The van der Waals surface area contributed by atoms with E-state index in [2.05, 4.69) is 0 Å². The first-order chi connectivity index (χ1) is 9.20. The standard InChI is InChI=1S/C16H29NO4/c1-14(2,3)20-12(18)11-9-16(7,8)10-17(11)13(19)21-15(4,5)6/h11H,9-10H2,1-8H3/t11-/m0/s1. The molecule has 5 nitrogen and oxygen atoms in total. The fourth-order valence-corrected chi connectivity index (χ4v) is 2.36. The van der Waals surface area contributed by atoms with Gasteiger partial charge in [0.25, 0.3) is 0 Å². The minimum Gasteiger partial charge on any atom is -0.458 e. The molecule has 0 unspecified atom stereocenters. The summed E-state index contributed by atoms with van der Waals surface area (Å²) < 4.78 is 10.8. The molecule has 0 aromatic heterocycles. The van der Waals surface area contributed by atoms with E-state index in [1.54, 1.807) is 0 Å². The van der Waals surface area contributed by atoms with Gasteiger partial charge in [-0.2, -0.15) is 0 Å². The maximum Gasteiger partial charge on any atom is 0.411 e. The molecule has 0 spiro atoms. The number of ether oxygens (including phenoxy) is 2. The van der Waals surface area contributed by atoms with Gasteiger partial charge in [-0.3, -0.25) is 4.90 Å². The van der Waals surface area contributed by atoms with Crippen molar-refractivity contribution < 1.29 is 19.1 Å². The Morgan fingerprint density at radius 1 is 1.00 bits per heavy atom. The third kappa shape index (κ3) is 5.56. The molecule has 5 heteroatoms. The van der Waals surface area contributed by atoms with Crippen LogP contribution < -0.4 is 0 Å². The van der Waals surface area contributed by atoms with Crippen molar-refractivity contribution in [3.63, 3.8) is 0 Å². The van der Waals surface area contributed by atoms with Crippen molar-refractivity contribution in [3.05, 3.63) is 0 Å². The smallest absolute Gasteiger partial charge is 0.411 e. The van der Waals surface area contributed by atoms with E-state index in [0.717, 1.165) is 0 Å². The molecule has 0 aromatic carbocycles. The highest BCUT2D eigenvalue weighted by Crippen LogP contribution is 2.36. The van der Waals surface area contributed by atoms with Gasteiger partial charge in [0, 0.05) is 6.54 Å². The predicted octanol–water partition coefficient (Wildman–Crippen LogP) is 3.36. The fraction of sp³-hybridized carbons (Fsp3) is 0.875. The van der Waals surface area contributed by atoms with Crippen molar-refractivity contribution in [3.8, 4) is 0 Å². The van der Waals surface area contributed by atoms with Crippen molar-refractivity contribution in [2.45, 2.75) is 79.1 Å². The second-order valence-electron chi connectivity index (χ2n) is 8.53. The molecule has 1 atom stereocenters. The number of hydrogen-bond acceptors (Lipinski definition) is 4. The Morgan fingerprint density at radius 2 is 1.48 bits per heavy atom. The van der Waals surface area contributed by atoms with Crippen LogP contribution >= 0.6 is 0 Å². The minimum atomic E-state index is -0.581. The van der Waals surface area contributed by atoms with Gasteiger partial charge in [-0.15, -0.1) is 0 Å². The van der Waals surface area contributed by atoms with Gasteiger partial charge in [0.2, 0.25) is 0 Å². The van der Waals surface area contributed by atoms with Crippen molar-refractivity contribution in [1.29, 1.82) is 0 Å². The molecule has 1 fully saturated rings. The van der Waals surface area contributed by atoms with E-state index in [0.29, 0.717) is 13.0 Å². The number of hydrogen-bond donors (Lipinski definition) is 0. The summed E-state index contributed by atoms with van der Waals surface area (Å²) in [4.78, 5) is 26.2. The second kappa shape index (κ2) is 5.50. The summed E-state index contributed by atoms with van der Waals surface area (Å²) in [5.74, 6) is -0.362. The zero-order chi connectivity index (χ0) is 16.6. The number of carbonyl (C=O) groups excluding carboxylic acids is 2. The topological polar surface area (TPSA) is 55.8 Å². The second-order valence-corrected chi connectivity index (χ2v) is 8.53. The van der Waals surface area contributed by atoms with Crippen LogP contribution in [0.25, 0.3) is 0 Å². The zero-order valence-electron chi connectivity index (χ0n) is 14.6. The van der Waals surface area contributed by atoms with Crippen LogP contribution in [0.3, 0.4) is 0 Å². The summed E-state index contributed by atoms with van der Waals surface area (Å²) in [6.45, 7) is 15.5. The highest BCUT2D eigenvalue weighted by atomic mass is 16.6. The van der Waals surface area contributed by atoms with E-state index in [1.807, 2.05) is 55.4 Å². The van der Waals surface area contributed by atoms with Gasteiger partial charge in [-0.25, -0.2) is 9.59 Å². The van der Waals surface area contributed by atoms with Gasteiger partial charge in [0.1, 0.15) is 17.2 Å². The molecule has 0 bridgehead atoms. The Bertz CT molecular complexity index is 377. The first-order valence-corrected chi connectivity index (χ1v) is 7.43. The third-order valence-electron chi connectivity index (χ3n) is 3.03. The summed E-state index contributed by atoms with van der Waals surface area (Å²) in [6, 6.07) is -0.575. The van der Waals surface area contributed by atoms with E-state index in [-0.39, 0.29) is 11.4 Å². The van der Waals surface area contributed by atoms with Gasteiger partial charge in [0.15, 0.2) is 0 Å². The minimum absolute atomic E-state index is 0.127. The van der Waals surface area contributed by atoms with E-state index in [1.165, 1.54) is 4.90 Å². The third-order valence-corrected chi connectivity index (χ3v) is 3.03. The van der Waals surface area contributed by atoms with Gasteiger partial charge in [-0.05, 0) is 53.4 Å². The number of carbonyl (C=O) groups is 2. The Balaban J connectivity index is 2.89. The molecule has 0 N–H and O–H groups in total. The summed E-state index contributed by atoms with van der Waals surface area (Å²) >= 11 is 0. The van der Waals surface area contributed by atoms with Crippen LogP contribution in [0.1, 0.15) is 61.8 Å². The van der Waals surface area contributed by atoms with Crippen LogP contribution in [0.5, 0.6) is 0 Å². The van der Waals surface area contributed by atoms with Crippen LogP contribution in [-0.4, -0.2) is 40.8 Å². The molecule has 1 aliphatic rings. The Hall–Kier alpha value is -1.26. The SMILES string of the molecule is CC1(C)C[C@@H](C(=O)OC(C)(C)C)N(C(=O)OC(C)(C)C)C1. The number of esters is 1. The number of amides is 1. The Morgan fingerprint density at radius 3 is 1.90 bits per heavy atom. The zero-order valence-corrected chi connectivity index (χ0v) is 14.6. The molecular formula is C16H29NO4. The van der Waals surface area contributed by atoms with E-state index in [4.69, 9.17) is 9.47 Å². The van der Waals surface area contributed by atoms with E-state index in [9.17, 15) is 9.59 Å². The molecule has 1 aliphatic heterocycles. The summed E-state index contributed by atoms with van der Waals surface area (Å²) in [5.41, 5.74) is -1.27. The van der Waals surface area contributed by atoms with Crippen molar-refractivity contribution >= 4 is 12.1 Å². The molecule has 0 aromatic rings. The number of likely N-dealkylation sites (tertiary alicyclic amines) is 1. The summed E-state index contributed by atoms with van der Waals surface area (Å²) in [7, 11) is 0. The molecule has 1 amide bonds. The van der Waals surface area contributed by atoms with Gasteiger partial charge in [-0.1, -0.05) is 13.8 Å². The number of rotatable bonds is 1. The normalized spacial score (nSPS) is 22.1. The molecule has 0 saturated carbocycles.